The molecule has 88 valence electrons. The van der Waals surface area contributed by atoms with Crippen molar-refractivity contribution in [2.75, 3.05) is 20.2 Å². The lowest BCUT2D eigenvalue weighted by Gasteiger charge is -2.34. The average Bonchev–Trinajstić information content (AvgIpc) is 2.15. The summed E-state index contributed by atoms with van der Waals surface area (Å²) in [5.41, 5.74) is -0.562. The number of hydrogen-bond acceptors (Lipinski definition) is 3. The minimum atomic E-state index is -0.562. The first-order chi connectivity index (χ1) is 6.81. The molecule has 0 spiro atoms. The van der Waals surface area contributed by atoms with Crippen LogP contribution in [0.15, 0.2) is 0 Å². The van der Waals surface area contributed by atoms with Crippen LogP contribution >= 0.6 is 0 Å². The van der Waals surface area contributed by atoms with Crippen molar-refractivity contribution in [1.29, 1.82) is 0 Å². The fraction of sp³-hybridized carbons (Fsp3) is 0.800. The Morgan fingerprint density at radius 3 is 2.33 bits per heavy atom. The quantitative estimate of drug-likeness (QED) is 0.665. The summed E-state index contributed by atoms with van der Waals surface area (Å²) in [5, 5.41) is 11.6. The molecule has 0 fully saturated rings. The van der Waals surface area contributed by atoms with Gasteiger partial charge in [-0.3, -0.25) is 9.59 Å². The second-order valence-corrected chi connectivity index (χ2v) is 4.16. The van der Waals surface area contributed by atoms with Crippen LogP contribution < -0.4 is 5.32 Å². The smallest absolute Gasteiger partial charge is 0.224 e. The molecule has 2 amide bonds. The number of nitrogens with zero attached hydrogens (tertiary/aromatic N) is 1. The third kappa shape index (κ3) is 4.78. The lowest BCUT2D eigenvalue weighted by Crippen LogP contribution is -2.48. The molecule has 5 heteroatoms. The first-order valence-corrected chi connectivity index (χ1v) is 4.93. The van der Waals surface area contributed by atoms with Crippen LogP contribution in [0.5, 0.6) is 0 Å². The normalized spacial score (nSPS) is 11.0. The molecule has 0 aliphatic rings. The van der Waals surface area contributed by atoms with Gasteiger partial charge in [0.2, 0.25) is 11.8 Å². The highest BCUT2D eigenvalue weighted by Gasteiger charge is 2.26. The summed E-state index contributed by atoms with van der Waals surface area (Å²) in [4.78, 5) is 23.7. The summed E-state index contributed by atoms with van der Waals surface area (Å²) in [5.74, 6) is -0.241. The van der Waals surface area contributed by atoms with Crippen molar-refractivity contribution < 1.29 is 14.7 Å². The number of likely N-dealkylation sites (N-methyl/N-ethyl adjacent to an activating group) is 1. The summed E-state index contributed by atoms with van der Waals surface area (Å²) in [7, 11) is 1.65. The van der Waals surface area contributed by atoms with Crippen molar-refractivity contribution in [2.45, 2.75) is 32.7 Å². The standard InChI is InChI=1S/C10H20N2O3/c1-8(14)11-6-5-9(15)12(4)10(2,3)7-13/h13H,5-7H2,1-4H3,(H,11,14). The topological polar surface area (TPSA) is 69.6 Å². The average molecular weight is 216 g/mol. The largest absolute Gasteiger partial charge is 0.394 e. The first kappa shape index (κ1) is 13.9. The Kier molecular flexibility index (Phi) is 5.28. The molecule has 0 atom stereocenters. The summed E-state index contributed by atoms with van der Waals surface area (Å²) in [6, 6.07) is 0. The van der Waals surface area contributed by atoms with E-state index < -0.39 is 5.54 Å². The van der Waals surface area contributed by atoms with Crippen LogP contribution in [-0.2, 0) is 9.59 Å². The van der Waals surface area contributed by atoms with Gasteiger partial charge in [-0.1, -0.05) is 0 Å². The molecule has 0 aromatic carbocycles. The minimum absolute atomic E-state index is 0.0879. The number of hydrogen-bond donors (Lipinski definition) is 2. The molecular weight excluding hydrogens is 196 g/mol. The Bertz CT molecular complexity index is 239. The molecule has 0 aliphatic carbocycles. The van der Waals surface area contributed by atoms with Gasteiger partial charge in [0.15, 0.2) is 0 Å². The van der Waals surface area contributed by atoms with Gasteiger partial charge in [0, 0.05) is 26.9 Å². The van der Waals surface area contributed by atoms with Crippen LogP contribution in [0.4, 0.5) is 0 Å². The van der Waals surface area contributed by atoms with Gasteiger partial charge >= 0.3 is 0 Å². The third-order valence-corrected chi connectivity index (χ3v) is 2.38. The number of nitrogens with one attached hydrogen (secondary N) is 1. The minimum Gasteiger partial charge on any atom is -0.394 e. The van der Waals surface area contributed by atoms with Crippen molar-refractivity contribution in [3.8, 4) is 0 Å². The Morgan fingerprint density at radius 2 is 1.93 bits per heavy atom. The Labute approximate surface area is 90.5 Å². The molecular formula is C10H20N2O3. The highest BCUT2D eigenvalue weighted by atomic mass is 16.3. The fourth-order valence-corrected chi connectivity index (χ4v) is 0.957. The molecule has 15 heavy (non-hydrogen) atoms. The van der Waals surface area contributed by atoms with Gasteiger partial charge in [-0.05, 0) is 13.8 Å². The van der Waals surface area contributed by atoms with E-state index in [-0.39, 0.29) is 24.8 Å². The number of rotatable bonds is 5. The van der Waals surface area contributed by atoms with E-state index >= 15 is 0 Å². The van der Waals surface area contributed by atoms with Crippen LogP contribution in [0.1, 0.15) is 27.2 Å². The van der Waals surface area contributed by atoms with Crippen LogP contribution in [0.25, 0.3) is 0 Å². The van der Waals surface area contributed by atoms with Gasteiger partial charge in [-0.15, -0.1) is 0 Å². The summed E-state index contributed by atoms with van der Waals surface area (Å²) in [6.07, 6.45) is 0.250. The molecule has 0 bridgehead atoms. The SMILES string of the molecule is CC(=O)NCCC(=O)N(C)C(C)(C)CO. The predicted octanol–water partition coefficient (Wildman–Crippen LogP) is -0.258. The Balaban J connectivity index is 4.05. The molecule has 0 aliphatic heterocycles. The first-order valence-electron chi connectivity index (χ1n) is 4.93. The maximum absolute atomic E-state index is 11.6. The van der Waals surface area contributed by atoms with Crippen molar-refractivity contribution in [3.63, 3.8) is 0 Å². The molecule has 0 heterocycles. The van der Waals surface area contributed by atoms with E-state index in [0.29, 0.717) is 6.54 Å². The number of carbonyl (C=O) groups is 2. The third-order valence-electron chi connectivity index (χ3n) is 2.38. The van der Waals surface area contributed by atoms with Gasteiger partial charge < -0.3 is 15.3 Å². The molecule has 0 unspecified atom stereocenters. The number of aliphatic hydroxyl groups excluding tert-OH is 1. The van der Waals surface area contributed by atoms with Gasteiger partial charge in [0.25, 0.3) is 0 Å². The van der Waals surface area contributed by atoms with E-state index in [1.165, 1.54) is 11.8 Å². The molecule has 0 saturated heterocycles. The molecule has 0 radical (unpaired) electrons. The van der Waals surface area contributed by atoms with Crippen LogP contribution in [0.3, 0.4) is 0 Å². The number of amides is 2. The highest BCUT2D eigenvalue weighted by molar-refractivity contribution is 5.78. The van der Waals surface area contributed by atoms with E-state index in [1.54, 1.807) is 20.9 Å². The molecule has 0 aromatic heterocycles. The predicted molar refractivity (Wildman–Crippen MR) is 57.2 cm³/mol. The second-order valence-electron chi connectivity index (χ2n) is 4.16. The fourth-order valence-electron chi connectivity index (χ4n) is 0.957. The zero-order valence-electron chi connectivity index (χ0n) is 9.83. The highest BCUT2D eigenvalue weighted by Crippen LogP contribution is 2.11. The molecule has 5 nitrogen and oxygen atoms in total. The van der Waals surface area contributed by atoms with E-state index in [2.05, 4.69) is 5.32 Å². The van der Waals surface area contributed by atoms with Crippen LogP contribution in [0, 0.1) is 0 Å². The lowest BCUT2D eigenvalue weighted by molar-refractivity contribution is -0.135. The van der Waals surface area contributed by atoms with E-state index in [4.69, 9.17) is 5.11 Å². The van der Waals surface area contributed by atoms with Crippen molar-refractivity contribution in [2.24, 2.45) is 0 Å². The van der Waals surface area contributed by atoms with E-state index in [0.717, 1.165) is 0 Å². The maximum atomic E-state index is 11.6. The van der Waals surface area contributed by atoms with Crippen LogP contribution in [0.2, 0.25) is 0 Å². The zero-order valence-corrected chi connectivity index (χ0v) is 9.83. The second kappa shape index (κ2) is 5.70. The molecule has 2 N–H and O–H groups in total. The molecule has 0 rings (SSSR count). The molecule has 0 saturated carbocycles. The van der Waals surface area contributed by atoms with Crippen molar-refractivity contribution in [1.82, 2.24) is 10.2 Å². The van der Waals surface area contributed by atoms with Crippen molar-refractivity contribution in [3.05, 3.63) is 0 Å². The summed E-state index contributed by atoms with van der Waals surface area (Å²) < 4.78 is 0. The van der Waals surface area contributed by atoms with Gasteiger partial charge in [0.1, 0.15) is 0 Å². The number of carbonyl (C=O) groups excluding carboxylic acids is 2. The van der Waals surface area contributed by atoms with Gasteiger partial charge in [-0.25, -0.2) is 0 Å². The van der Waals surface area contributed by atoms with Gasteiger partial charge in [-0.2, -0.15) is 0 Å². The Morgan fingerprint density at radius 1 is 1.40 bits per heavy atom. The van der Waals surface area contributed by atoms with E-state index in [9.17, 15) is 9.59 Å². The Hall–Kier alpha value is -1.10. The molecule has 0 aromatic rings. The lowest BCUT2D eigenvalue weighted by atomic mass is 10.0. The van der Waals surface area contributed by atoms with E-state index in [1.807, 2.05) is 0 Å². The monoisotopic (exact) mass is 216 g/mol. The summed E-state index contributed by atoms with van der Waals surface area (Å²) >= 11 is 0. The number of aliphatic hydroxyl groups is 1. The van der Waals surface area contributed by atoms with Crippen molar-refractivity contribution >= 4 is 11.8 Å². The van der Waals surface area contributed by atoms with Gasteiger partial charge in [0.05, 0.1) is 12.1 Å². The zero-order chi connectivity index (χ0) is 12.1. The summed E-state index contributed by atoms with van der Waals surface area (Å²) in [6.45, 7) is 5.22. The van der Waals surface area contributed by atoms with Crippen LogP contribution in [-0.4, -0.2) is 47.6 Å². The maximum Gasteiger partial charge on any atom is 0.224 e.